The lowest BCUT2D eigenvalue weighted by molar-refractivity contribution is 1.20. The van der Waals surface area contributed by atoms with Gasteiger partial charge in [0.05, 0.1) is 0 Å². The molecule has 0 radical (unpaired) electrons. The van der Waals surface area contributed by atoms with Crippen LogP contribution in [0.1, 0.15) is 25.1 Å². The molecule has 0 N–H and O–H groups in total. The summed E-state index contributed by atoms with van der Waals surface area (Å²) in [6.45, 7) is 8.15. The highest BCUT2D eigenvalue weighted by atomic mass is 14.6. The van der Waals surface area contributed by atoms with Gasteiger partial charge in [0.25, 0.3) is 0 Å². The molecule has 0 saturated heterocycles. The van der Waals surface area contributed by atoms with E-state index in [9.17, 15) is 0 Å². The third kappa shape index (κ3) is 2.93. The molecule has 0 fully saturated rings. The Morgan fingerprint density at radius 1 is 0.938 bits per heavy atom. The van der Waals surface area contributed by atoms with E-state index in [2.05, 4.69) is 48.3 Å². The van der Waals surface area contributed by atoms with Crippen molar-refractivity contribution in [2.75, 3.05) is 0 Å². The molecule has 1 heterocycles. The molecule has 1 aromatic carbocycles. The summed E-state index contributed by atoms with van der Waals surface area (Å²) in [4.78, 5) is 4.19. The molecule has 0 atom stereocenters. The van der Waals surface area contributed by atoms with E-state index in [0.717, 1.165) is 5.69 Å². The minimum atomic E-state index is 1.06. The smallest absolute Gasteiger partial charge is 0.0378 e. The quantitative estimate of drug-likeness (QED) is 0.684. The number of nitrogens with zero attached hydrogens (tertiary/aromatic N) is 1. The number of pyridine rings is 1. The molecular formula is C15H19N. The predicted octanol–water partition coefficient (Wildman–Crippen LogP) is 4.39. The van der Waals surface area contributed by atoms with E-state index in [1.54, 1.807) is 0 Å². The molecule has 1 nitrogen and oxygen atoms in total. The van der Waals surface area contributed by atoms with Crippen LogP contribution in [0.4, 0.5) is 0 Å². The Kier molecular flexibility index (Phi) is 4.71. The van der Waals surface area contributed by atoms with E-state index in [1.807, 2.05) is 27.0 Å². The van der Waals surface area contributed by atoms with Crippen molar-refractivity contribution in [3.63, 3.8) is 0 Å². The van der Waals surface area contributed by atoms with Gasteiger partial charge in [0.1, 0.15) is 0 Å². The van der Waals surface area contributed by atoms with Crippen molar-refractivity contribution >= 4 is 0 Å². The van der Waals surface area contributed by atoms with Gasteiger partial charge in [0.2, 0.25) is 0 Å². The number of hydrogen-bond acceptors (Lipinski definition) is 1. The Morgan fingerprint density at radius 2 is 1.62 bits per heavy atom. The average molecular weight is 213 g/mol. The van der Waals surface area contributed by atoms with Crippen molar-refractivity contribution in [2.24, 2.45) is 0 Å². The van der Waals surface area contributed by atoms with Gasteiger partial charge in [-0.2, -0.15) is 0 Å². The second-order valence-corrected chi connectivity index (χ2v) is 3.50. The van der Waals surface area contributed by atoms with Gasteiger partial charge in [0, 0.05) is 11.9 Å². The molecule has 1 aromatic heterocycles. The molecular weight excluding hydrogens is 194 g/mol. The first kappa shape index (κ1) is 12.4. The Balaban J connectivity index is 0.000000606. The first-order chi connectivity index (χ1) is 7.77. The lowest BCUT2D eigenvalue weighted by atomic mass is 10.0. The maximum absolute atomic E-state index is 4.19. The first-order valence-corrected chi connectivity index (χ1v) is 5.76. The van der Waals surface area contributed by atoms with Crippen molar-refractivity contribution in [3.8, 4) is 11.1 Å². The van der Waals surface area contributed by atoms with E-state index in [1.165, 1.54) is 16.7 Å². The second-order valence-electron chi connectivity index (χ2n) is 3.50. The lowest BCUT2D eigenvalue weighted by Crippen LogP contribution is -1.85. The molecule has 0 spiro atoms. The summed E-state index contributed by atoms with van der Waals surface area (Å²) in [5.41, 5.74) is 4.90. The van der Waals surface area contributed by atoms with Gasteiger partial charge in [-0.25, -0.2) is 0 Å². The third-order valence-corrected chi connectivity index (χ3v) is 2.35. The number of aryl methyl sites for hydroxylation is 2. The van der Waals surface area contributed by atoms with Gasteiger partial charge in [0.15, 0.2) is 0 Å². The minimum absolute atomic E-state index is 1.06. The number of hydrogen-bond donors (Lipinski definition) is 0. The van der Waals surface area contributed by atoms with E-state index in [0.29, 0.717) is 0 Å². The van der Waals surface area contributed by atoms with Crippen LogP contribution in [0.3, 0.4) is 0 Å². The highest BCUT2D eigenvalue weighted by Crippen LogP contribution is 2.22. The number of aromatic nitrogens is 1. The van der Waals surface area contributed by atoms with Crippen molar-refractivity contribution in [3.05, 3.63) is 53.9 Å². The summed E-state index contributed by atoms with van der Waals surface area (Å²) >= 11 is 0. The van der Waals surface area contributed by atoms with Gasteiger partial charge in [-0.3, -0.25) is 4.98 Å². The zero-order chi connectivity index (χ0) is 12.0. The molecule has 16 heavy (non-hydrogen) atoms. The monoisotopic (exact) mass is 213 g/mol. The van der Waals surface area contributed by atoms with Crippen LogP contribution >= 0.6 is 0 Å². The SMILES string of the molecule is CC.Cc1cc(-c2ccccc2C)ccn1. The molecule has 0 unspecified atom stereocenters. The molecule has 1 heteroatoms. The third-order valence-electron chi connectivity index (χ3n) is 2.35. The summed E-state index contributed by atoms with van der Waals surface area (Å²) in [5.74, 6) is 0. The summed E-state index contributed by atoms with van der Waals surface area (Å²) in [6.07, 6.45) is 1.86. The van der Waals surface area contributed by atoms with E-state index in [-0.39, 0.29) is 0 Å². The molecule has 0 saturated carbocycles. The van der Waals surface area contributed by atoms with Crippen LogP contribution in [0.15, 0.2) is 42.6 Å². The van der Waals surface area contributed by atoms with Crippen molar-refractivity contribution in [1.82, 2.24) is 4.98 Å². The topological polar surface area (TPSA) is 12.9 Å². The van der Waals surface area contributed by atoms with Gasteiger partial charge in [-0.05, 0) is 42.7 Å². The van der Waals surface area contributed by atoms with E-state index >= 15 is 0 Å². The largest absolute Gasteiger partial charge is 0.262 e. The Labute approximate surface area is 98.2 Å². The zero-order valence-electron chi connectivity index (χ0n) is 10.5. The summed E-state index contributed by atoms with van der Waals surface area (Å²) in [6, 6.07) is 12.6. The van der Waals surface area contributed by atoms with Gasteiger partial charge >= 0.3 is 0 Å². The highest BCUT2D eigenvalue weighted by Gasteiger charge is 2.00. The summed E-state index contributed by atoms with van der Waals surface area (Å²) in [7, 11) is 0. The number of benzene rings is 1. The predicted molar refractivity (Wildman–Crippen MR) is 70.5 cm³/mol. The van der Waals surface area contributed by atoms with E-state index < -0.39 is 0 Å². The standard InChI is InChI=1S/C13H13N.C2H6/c1-10-5-3-4-6-13(10)12-7-8-14-11(2)9-12;1-2/h3-9H,1-2H3;1-2H3. The fourth-order valence-electron chi connectivity index (χ4n) is 1.61. The molecule has 0 aliphatic rings. The van der Waals surface area contributed by atoms with Crippen LogP contribution in [0.2, 0.25) is 0 Å². The molecule has 2 aromatic rings. The maximum Gasteiger partial charge on any atom is 0.0378 e. The van der Waals surface area contributed by atoms with Crippen molar-refractivity contribution in [1.29, 1.82) is 0 Å². The maximum atomic E-state index is 4.19. The minimum Gasteiger partial charge on any atom is -0.262 e. The summed E-state index contributed by atoms with van der Waals surface area (Å²) in [5, 5.41) is 0. The fourth-order valence-corrected chi connectivity index (χ4v) is 1.61. The molecule has 0 aliphatic carbocycles. The van der Waals surface area contributed by atoms with Crippen molar-refractivity contribution in [2.45, 2.75) is 27.7 Å². The average Bonchev–Trinajstić information content (AvgIpc) is 2.32. The molecule has 0 amide bonds. The van der Waals surface area contributed by atoms with Gasteiger partial charge < -0.3 is 0 Å². The Morgan fingerprint density at radius 3 is 2.25 bits per heavy atom. The Hall–Kier alpha value is -1.63. The molecule has 84 valence electrons. The molecule has 0 bridgehead atoms. The van der Waals surface area contributed by atoms with Crippen LogP contribution in [0.5, 0.6) is 0 Å². The Bertz CT molecular complexity index is 447. The number of rotatable bonds is 1. The normalized spacial score (nSPS) is 9.25. The lowest BCUT2D eigenvalue weighted by Gasteiger charge is -2.05. The molecule has 0 aliphatic heterocycles. The van der Waals surface area contributed by atoms with Crippen LogP contribution in [0.25, 0.3) is 11.1 Å². The summed E-state index contributed by atoms with van der Waals surface area (Å²) < 4.78 is 0. The fraction of sp³-hybridized carbons (Fsp3) is 0.267. The van der Waals surface area contributed by atoms with Gasteiger partial charge in [-0.15, -0.1) is 0 Å². The van der Waals surface area contributed by atoms with Crippen LogP contribution < -0.4 is 0 Å². The second kappa shape index (κ2) is 6.06. The van der Waals surface area contributed by atoms with Gasteiger partial charge in [-0.1, -0.05) is 38.1 Å². The van der Waals surface area contributed by atoms with Crippen LogP contribution in [0, 0.1) is 13.8 Å². The molecule has 2 rings (SSSR count). The highest BCUT2D eigenvalue weighted by molar-refractivity contribution is 5.66. The van der Waals surface area contributed by atoms with Crippen LogP contribution in [-0.4, -0.2) is 4.98 Å². The first-order valence-electron chi connectivity index (χ1n) is 5.76. The van der Waals surface area contributed by atoms with E-state index in [4.69, 9.17) is 0 Å². The van der Waals surface area contributed by atoms with Crippen LogP contribution in [-0.2, 0) is 0 Å². The van der Waals surface area contributed by atoms with Crippen molar-refractivity contribution < 1.29 is 0 Å². The zero-order valence-corrected chi connectivity index (χ0v) is 10.5.